The van der Waals surface area contributed by atoms with E-state index < -0.39 is 22.9 Å². The Morgan fingerprint density at radius 1 is 1.42 bits per heavy atom. The minimum atomic E-state index is -1.02. The summed E-state index contributed by atoms with van der Waals surface area (Å²) < 4.78 is 3.34. The zero-order valence-electron chi connectivity index (χ0n) is 14.2. The summed E-state index contributed by atoms with van der Waals surface area (Å²) in [6.45, 7) is 5.28. The number of hydrogen-bond acceptors (Lipinski definition) is 5. The van der Waals surface area contributed by atoms with Gasteiger partial charge in [-0.05, 0) is 20.3 Å². The minimum Gasteiger partial charge on any atom is -0.388 e. The third-order valence-corrected chi connectivity index (χ3v) is 4.71. The highest BCUT2D eigenvalue weighted by Crippen LogP contribution is 2.31. The first-order valence-electron chi connectivity index (χ1n) is 8.00. The molecule has 3 heterocycles. The van der Waals surface area contributed by atoms with Gasteiger partial charge in [-0.3, -0.25) is 19.2 Å². The van der Waals surface area contributed by atoms with Crippen molar-refractivity contribution in [3.63, 3.8) is 0 Å². The Kier molecular flexibility index (Phi) is 4.18. The number of aryl methyl sites for hydroxylation is 2. The van der Waals surface area contributed by atoms with Crippen LogP contribution in [0.25, 0.3) is 0 Å². The molecule has 2 aromatic rings. The molecular weight excluding hydrogens is 310 g/mol. The van der Waals surface area contributed by atoms with Crippen molar-refractivity contribution in [3.05, 3.63) is 50.8 Å². The van der Waals surface area contributed by atoms with Gasteiger partial charge in [-0.1, -0.05) is 0 Å². The van der Waals surface area contributed by atoms with Crippen LogP contribution in [0.2, 0.25) is 0 Å². The highest BCUT2D eigenvalue weighted by atomic mass is 16.3. The van der Waals surface area contributed by atoms with E-state index >= 15 is 0 Å². The number of aliphatic hydroxyl groups is 1. The zero-order valence-corrected chi connectivity index (χ0v) is 14.2. The van der Waals surface area contributed by atoms with Crippen LogP contribution in [-0.2, 0) is 13.6 Å². The van der Waals surface area contributed by atoms with Crippen LogP contribution in [0.1, 0.15) is 30.6 Å². The number of nitrogens with zero attached hydrogens (tertiary/aromatic N) is 4. The Bertz CT molecular complexity index is 848. The maximum absolute atomic E-state index is 12.2. The van der Waals surface area contributed by atoms with Crippen LogP contribution in [0.15, 0.2) is 28.3 Å². The first-order chi connectivity index (χ1) is 11.3. The number of rotatable bonds is 3. The second-order valence-electron chi connectivity index (χ2n) is 6.87. The van der Waals surface area contributed by atoms with Gasteiger partial charge in [0.15, 0.2) is 0 Å². The van der Waals surface area contributed by atoms with Crippen molar-refractivity contribution in [3.8, 4) is 0 Å². The molecule has 2 atom stereocenters. The van der Waals surface area contributed by atoms with Crippen molar-refractivity contribution in [2.24, 2.45) is 7.05 Å². The van der Waals surface area contributed by atoms with Crippen molar-refractivity contribution in [1.29, 1.82) is 0 Å². The average molecular weight is 333 g/mol. The van der Waals surface area contributed by atoms with Crippen molar-refractivity contribution < 1.29 is 5.11 Å². The van der Waals surface area contributed by atoms with Crippen LogP contribution in [-0.4, -0.2) is 47.8 Å². The number of nitrogens with one attached hydrogen (secondary N) is 1. The van der Waals surface area contributed by atoms with Crippen molar-refractivity contribution in [2.45, 2.75) is 38.5 Å². The van der Waals surface area contributed by atoms with E-state index in [-0.39, 0.29) is 0 Å². The lowest BCUT2D eigenvalue weighted by atomic mass is 9.88. The maximum atomic E-state index is 12.2. The lowest BCUT2D eigenvalue weighted by Crippen LogP contribution is -2.53. The first-order valence-corrected chi connectivity index (χ1v) is 8.00. The topological polar surface area (TPSA) is 96.2 Å². The number of imidazole rings is 1. The molecule has 1 aliphatic rings. The summed E-state index contributed by atoms with van der Waals surface area (Å²) in [6.07, 6.45) is 5.78. The second-order valence-corrected chi connectivity index (χ2v) is 6.87. The molecule has 8 nitrogen and oxygen atoms in total. The number of piperidine rings is 1. The molecule has 0 saturated carbocycles. The predicted molar refractivity (Wildman–Crippen MR) is 88.8 cm³/mol. The quantitative estimate of drug-likeness (QED) is 0.809. The van der Waals surface area contributed by atoms with Crippen LogP contribution in [0.4, 0.5) is 0 Å². The Hall–Kier alpha value is -2.19. The summed E-state index contributed by atoms with van der Waals surface area (Å²) in [5.41, 5.74) is -0.502. The van der Waals surface area contributed by atoms with Gasteiger partial charge < -0.3 is 9.67 Å². The van der Waals surface area contributed by atoms with E-state index in [1.165, 1.54) is 10.8 Å². The molecule has 0 amide bonds. The Labute approximate surface area is 139 Å². The summed E-state index contributed by atoms with van der Waals surface area (Å²) in [4.78, 5) is 32.6. The number of hydrogen-bond donors (Lipinski definition) is 2. The average Bonchev–Trinajstić information content (AvgIpc) is 2.90. The highest BCUT2D eigenvalue weighted by molar-refractivity contribution is 5.06. The lowest BCUT2D eigenvalue weighted by Gasteiger charge is -2.43. The summed E-state index contributed by atoms with van der Waals surface area (Å²) in [5.74, 6) is 0. The van der Waals surface area contributed by atoms with E-state index in [1.807, 2.05) is 17.8 Å². The standard InChI is InChI=1S/C16H23N5O3/c1-11-6-21(15(23)18-14(11)22)13-9-20(5-4-16(13,2)24)8-12-7-19(3)10-17-12/h6-7,10,13,24H,4-5,8-9H2,1-3H3,(H,18,22,23)/t13-,16-/m1/s1. The molecule has 0 aliphatic carbocycles. The molecule has 130 valence electrons. The molecule has 0 aromatic carbocycles. The van der Waals surface area contributed by atoms with E-state index in [0.717, 1.165) is 12.2 Å². The molecule has 0 unspecified atom stereocenters. The van der Waals surface area contributed by atoms with Crippen molar-refractivity contribution >= 4 is 0 Å². The summed E-state index contributed by atoms with van der Waals surface area (Å²) in [5, 5.41) is 10.8. The van der Waals surface area contributed by atoms with Gasteiger partial charge in [0, 0.05) is 44.6 Å². The van der Waals surface area contributed by atoms with Gasteiger partial charge in [0.05, 0.1) is 23.7 Å². The molecule has 1 aliphatic heterocycles. The van der Waals surface area contributed by atoms with E-state index in [9.17, 15) is 14.7 Å². The molecule has 0 radical (unpaired) electrons. The van der Waals surface area contributed by atoms with Gasteiger partial charge in [-0.25, -0.2) is 9.78 Å². The van der Waals surface area contributed by atoms with Gasteiger partial charge in [0.1, 0.15) is 0 Å². The summed E-state index contributed by atoms with van der Waals surface area (Å²) in [6, 6.07) is -0.432. The van der Waals surface area contributed by atoms with Crippen LogP contribution >= 0.6 is 0 Å². The normalized spacial score (nSPS) is 25.1. The van der Waals surface area contributed by atoms with Crippen LogP contribution in [0, 0.1) is 6.92 Å². The van der Waals surface area contributed by atoms with Gasteiger partial charge in [0.25, 0.3) is 5.56 Å². The van der Waals surface area contributed by atoms with Crippen LogP contribution < -0.4 is 11.2 Å². The van der Waals surface area contributed by atoms with E-state index in [1.54, 1.807) is 20.2 Å². The number of H-pyrrole nitrogens is 1. The van der Waals surface area contributed by atoms with Crippen LogP contribution in [0.5, 0.6) is 0 Å². The summed E-state index contributed by atoms with van der Waals surface area (Å²) in [7, 11) is 1.92. The van der Waals surface area contributed by atoms with E-state index in [2.05, 4.69) is 14.9 Å². The largest absolute Gasteiger partial charge is 0.388 e. The molecule has 0 bridgehead atoms. The van der Waals surface area contributed by atoms with Gasteiger partial charge >= 0.3 is 5.69 Å². The van der Waals surface area contributed by atoms with Gasteiger partial charge in [0.2, 0.25) is 0 Å². The molecular formula is C16H23N5O3. The lowest BCUT2D eigenvalue weighted by molar-refractivity contribution is -0.0545. The van der Waals surface area contributed by atoms with Gasteiger partial charge in [-0.2, -0.15) is 0 Å². The molecule has 3 rings (SSSR count). The second kappa shape index (κ2) is 6.03. The molecule has 24 heavy (non-hydrogen) atoms. The molecule has 2 aromatic heterocycles. The highest BCUT2D eigenvalue weighted by Gasteiger charge is 2.39. The molecule has 1 fully saturated rings. The Morgan fingerprint density at radius 2 is 2.17 bits per heavy atom. The van der Waals surface area contributed by atoms with Crippen molar-refractivity contribution in [2.75, 3.05) is 13.1 Å². The van der Waals surface area contributed by atoms with E-state index in [0.29, 0.717) is 25.1 Å². The number of likely N-dealkylation sites (tertiary alicyclic amines) is 1. The van der Waals surface area contributed by atoms with E-state index in [4.69, 9.17) is 0 Å². The fraction of sp³-hybridized carbons (Fsp3) is 0.562. The fourth-order valence-electron chi connectivity index (χ4n) is 3.21. The molecule has 2 N–H and O–H groups in total. The Balaban J connectivity index is 1.88. The maximum Gasteiger partial charge on any atom is 0.328 e. The van der Waals surface area contributed by atoms with Gasteiger partial charge in [-0.15, -0.1) is 0 Å². The third kappa shape index (κ3) is 3.20. The molecule has 0 spiro atoms. The SMILES string of the molecule is Cc1cn([C@@H]2CN(Cc3cn(C)cn3)CC[C@@]2(C)O)c(=O)[nH]c1=O. The van der Waals surface area contributed by atoms with Crippen LogP contribution in [0.3, 0.4) is 0 Å². The molecule has 8 heteroatoms. The third-order valence-electron chi connectivity index (χ3n) is 4.71. The minimum absolute atomic E-state index is 0.392. The van der Waals surface area contributed by atoms with Crippen molar-refractivity contribution in [1.82, 2.24) is 24.0 Å². The first kappa shape index (κ1) is 16.7. The Morgan fingerprint density at radius 3 is 2.83 bits per heavy atom. The smallest absolute Gasteiger partial charge is 0.328 e. The summed E-state index contributed by atoms with van der Waals surface area (Å²) >= 11 is 0. The fourth-order valence-corrected chi connectivity index (χ4v) is 3.21. The monoisotopic (exact) mass is 333 g/mol. The number of aromatic amines is 1. The number of aromatic nitrogens is 4. The molecule has 1 saturated heterocycles. The predicted octanol–water partition coefficient (Wildman–Crippen LogP) is -0.223. The zero-order chi connectivity index (χ0) is 17.5.